The lowest BCUT2D eigenvalue weighted by molar-refractivity contribution is 0.0853. The van der Waals surface area contributed by atoms with Gasteiger partial charge in [0.1, 0.15) is 11.6 Å². The summed E-state index contributed by atoms with van der Waals surface area (Å²) in [5.74, 6) is -0.574. The topological polar surface area (TPSA) is 41.5 Å². The van der Waals surface area contributed by atoms with Crippen molar-refractivity contribution in [2.45, 2.75) is 6.54 Å². The summed E-state index contributed by atoms with van der Waals surface area (Å²) in [5.41, 5.74) is 2.63. The van der Waals surface area contributed by atoms with Gasteiger partial charge in [0.15, 0.2) is 0 Å². The molecule has 0 bridgehead atoms. The Morgan fingerprint density at radius 1 is 1.62 bits per heavy atom. The highest BCUT2D eigenvalue weighted by molar-refractivity contribution is 9.10. The summed E-state index contributed by atoms with van der Waals surface area (Å²) in [4.78, 5) is 4.55. The summed E-state index contributed by atoms with van der Waals surface area (Å²) >= 11 is 3.02. The van der Waals surface area contributed by atoms with Crippen LogP contribution in [0.1, 0.15) is 5.56 Å². The Balaban J connectivity index is 2.96. The van der Waals surface area contributed by atoms with Crippen LogP contribution in [-0.4, -0.2) is 12.2 Å². The molecule has 0 saturated heterocycles. The maximum Gasteiger partial charge on any atom is 0.145 e. The first-order valence-electron chi connectivity index (χ1n) is 3.58. The molecule has 0 amide bonds. The van der Waals surface area contributed by atoms with Crippen molar-refractivity contribution in [2.75, 3.05) is 7.11 Å². The number of nitrogens with one attached hydrogen (secondary N) is 1. The Morgan fingerprint density at radius 3 is 2.92 bits per heavy atom. The number of halogens is 2. The quantitative estimate of drug-likeness (QED) is 0.805. The first-order valence-corrected chi connectivity index (χ1v) is 4.37. The molecule has 0 heterocycles. The number of hydrogen-bond donors (Lipinski definition) is 2. The summed E-state index contributed by atoms with van der Waals surface area (Å²) in [5, 5.41) is 9.29. The van der Waals surface area contributed by atoms with E-state index in [1.807, 2.05) is 0 Å². The van der Waals surface area contributed by atoms with E-state index in [-0.39, 0.29) is 17.9 Å². The van der Waals surface area contributed by atoms with Gasteiger partial charge in [-0.15, -0.1) is 0 Å². The maximum atomic E-state index is 13.3. The monoisotopic (exact) mass is 249 g/mol. The van der Waals surface area contributed by atoms with Crippen molar-refractivity contribution in [1.29, 1.82) is 0 Å². The van der Waals surface area contributed by atoms with Gasteiger partial charge in [-0.3, -0.25) is 0 Å². The van der Waals surface area contributed by atoms with Gasteiger partial charge >= 0.3 is 0 Å². The Bertz CT molecular complexity index is 306. The Labute approximate surface area is 83.6 Å². The predicted octanol–water partition coefficient (Wildman–Crippen LogP) is 1.94. The lowest BCUT2D eigenvalue weighted by Gasteiger charge is -2.07. The second kappa shape index (κ2) is 4.55. The molecular formula is C8H9BrFNO2. The number of benzene rings is 1. The fourth-order valence-corrected chi connectivity index (χ4v) is 1.27. The molecule has 3 nitrogen and oxygen atoms in total. The molecule has 13 heavy (non-hydrogen) atoms. The normalized spacial score (nSPS) is 10.4. The van der Waals surface area contributed by atoms with Crippen LogP contribution in [0.3, 0.4) is 0 Å². The van der Waals surface area contributed by atoms with Crippen molar-refractivity contribution in [2.24, 2.45) is 0 Å². The average molecular weight is 250 g/mol. The zero-order valence-corrected chi connectivity index (χ0v) is 8.56. The van der Waals surface area contributed by atoms with E-state index < -0.39 is 5.82 Å². The first kappa shape index (κ1) is 10.4. The molecule has 0 aliphatic carbocycles. The third-order valence-electron chi connectivity index (χ3n) is 1.56. The lowest BCUT2D eigenvalue weighted by atomic mass is 10.2. The molecule has 0 radical (unpaired) electrons. The zero-order chi connectivity index (χ0) is 9.84. The van der Waals surface area contributed by atoms with Crippen molar-refractivity contribution in [1.82, 2.24) is 5.48 Å². The van der Waals surface area contributed by atoms with Gasteiger partial charge in [0.25, 0.3) is 0 Å². The highest BCUT2D eigenvalue weighted by atomic mass is 79.9. The molecule has 5 heteroatoms. The minimum Gasteiger partial charge on any atom is -0.508 e. The van der Waals surface area contributed by atoms with E-state index in [0.717, 1.165) is 0 Å². The van der Waals surface area contributed by atoms with Crippen LogP contribution in [0.4, 0.5) is 4.39 Å². The SMILES string of the molecule is CONCc1c(O)ccc(Br)c1F. The van der Waals surface area contributed by atoms with Gasteiger partial charge < -0.3 is 9.94 Å². The maximum absolute atomic E-state index is 13.3. The number of phenolic OH excluding ortho intramolecular Hbond substituents is 1. The molecule has 1 aromatic rings. The van der Waals surface area contributed by atoms with Gasteiger partial charge in [-0.25, -0.2) is 4.39 Å². The molecule has 0 aliphatic rings. The van der Waals surface area contributed by atoms with Gasteiger partial charge in [-0.05, 0) is 28.1 Å². The molecule has 1 aromatic carbocycles. The fraction of sp³-hybridized carbons (Fsp3) is 0.250. The fourth-order valence-electron chi connectivity index (χ4n) is 0.895. The van der Waals surface area contributed by atoms with Crippen molar-refractivity contribution >= 4 is 15.9 Å². The van der Waals surface area contributed by atoms with Crippen LogP contribution in [0.5, 0.6) is 5.75 Å². The van der Waals surface area contributed by atoms with Crippen LogP contribution in [0.25, 0.3) is 0 Å². The summed E-state index contributed by atoms with van der Waals surface area (Å²) in [6.07, 6.45) is 0. The first-order chi connectivity index (χ1) is 6.16. The van der Waals surface area contributed by atoms with Crippen molar-refractivity contribution in [3.05, 3.63) is 28.0 Å². The molecule has 0 spiro atoms. The summed E-state index contributed by atoms with van der Waals surface area (Å²) < 4.78 is 13.6. The van der Waals surface area contributed by atoms with Crippen molar-refractivity contribution < 1.29 is 14.3 Å². The Morgan fingerprint density at radius 2 is 2.31 bits per heavy atom. The van der Waals surface area contributed by atoms with Gasteiger partial charge in [0, 0.05) is 5.56 Å². The molecule has 0 unspecified atom stereocenters. The zero-order valence-electron chi connectivity index (χ0n) is 6.97. The standard InChI is InChI=1S/C8H9BrFNO2/c1-13-11-4-5-7(12)3-2-6(9)8(5)10/h2-3,11-12H,4H2,1H3. The minimum absolute atomic E-state index is 0.0924. The molecule has 0 aromatic heterocycles. The molecule has 0 saturated carbocycles. The van der Waals surface area contributed by atoms with Gasteiger partial charge in [0.2, 0.25) is 0 Å². The van der Waals surface area contributed by atoms with Crippen molar-refractivity contribution in [3.63, 3.8) is 0 Å². The van der Waals surface area contributed by atoms with E-state index in [2.05, 4.69) is 26.2 Å². The second-order valence-corrected chi connectivity index (χ2v) is 3.24. The Kier molecular flexibility index (Phi) is 3.65. The van der Waals surface area contributed by atoms with Crippen LogP contribution in [0, 0.1) is 5.82 Å². The number of aromatic hydroxyl groups is 1. The van der Waals surface area contributed by atoms with Crippen LogP contribution < -0.4 is 5.48 Å². The molecule has 0 fully saturated rings. The van der Waals surface area contributed by atoms with Crippen molar-refractivity contribution in [3.8, 4) is 5.75 Å². The summed E-state index contributed by atoms with van der Waals surface area (Å²) in [7, 11) is 1.42. The van der Waals surface area contributed by atoms with E-state index in [4.69, 9.17) is 0 Å². The van der Waals surface area contributed by atoms with Crippen LogP contribution in [0.15, 0.2) is 16.6 Å². The third-order valence-corrected chi connectivity index (χ3v) is 2.18. The third kappa shape index (κ3) is 2.40. The molecule has 2 N–H and O–H groups in total. The van der Waals surface area contributed by atoms with E-state index in [1.54, 1.807) is 0 Å². The van der Waals surface area contributed by atoms with Gasteiger partial charge in [0.05, 0.1) is 18.1 Å². The predicted molar refractivity (Wildman–Crippen MR) is 49.6 cm³/mol. The molecule has 1 rings (SSSR count). The highest BCUT2D eigenvalue weighted by Gasteiger charge is 2.10. The van der Waals surface area contributed by atoms with E-state index >= 15 is 0 Å². The van der Waals surface area contributed by atoms with Crippen LogP contribution in [0.2, 0.25) is 0 Å². The van der Waals surface area contributed by atoms with E-state index in [1.165, 1.54) is 19.2 Å². The number of hydroxylamine groups is 1. The second-order valence-electron chi connectivity index (χ2n) is 2.38. The smallest absolute Gasteiger partial charge is 0.145 e. The number of phenols is 1. The minimum atomic E-state index is -0.482. The largest absolute Gasteiger partial charge is 0.508 e. The molecule has 0 aliphatic heterocycles. The molecule has 0 atom stereocenters. The van der Waals surface area contributed by atoms with Gasteiger partial charge in [-0.2, -0.15) is 5.48 Å². The van der Waals surface area contributed by atoms with Gasteiger partial charge in [-0.1, -0.05) is 0 Å². The van der Waals surface area contributed by atoms with Crippen LogP contribution in [-0.2, 0) is 11.4 Å². The highest BCUT2D eigenvalue weighted by Crippen LogP contribution is 2.26. The van der Waals surface area contributed by atoms with E-state index in [9.17, 15) is 9.50 Å². The molecule has 72 valence electrons. The average Bonchev–Trinajstić information content (AvgIpc) is 2.12. The number of rotatable bonds is 3. The van der Waals surface area contributed by atoms with Crippen LogP contribution >= 0.6 is 15.9 Å². The Hall–Kier alpha value is -0.650. The summed E-state index contributed by atoms with van der Waals surface area (Å²) in [6, 6.07) is 2.86. The molecular weight excluding hydrogens is 241 g/mol. The summed E-state index contributed by atoms with van der Waals surface area (Å²) in [6.45, 7) is 0.119. The lowest BCUT2D eigenvalue weighted by Crippen LogP contribution is -2.12. The number of hydrogen-bond acceptors (Lipinski definition) is 3. The van der Waals surface area contributed by atoms with E-state index in [0.29, 0.717) is 4.47 Å².